The van der Waals surface area contributed by atoms with Crippen LogP contribution in [0.1, 0.15) is 21.5 Å². The summed E-state index contributed by atoms with van der Waals surface area (Å²) < 4.78 is 12.3. The maximum Gasteiger partial charge on any atom is 0.255 e. The lowest BCUT2D eigenvalue weighted by atomic mass is 10.0. The number of methoxy groups -OCH3 is 2. The topological polar surface area (TPSA) is 91.2 Å². The molecule has 3 aromatic rings. The minimum Gasteiger partial charge on any atom is -0.493 e. The smallest absolute Gasteiger partial charge is 0.255 e. The summed E-state index contributed by atoms with van der Waals surface area (Å²) in [5, 5.41) is 14.1. The number of aryl methyl sites for hydroxylation is 1. The van der Waals surface area contributed by atoms with Crippen LogP contribution in [0.2, 0.25) is 0 Å². The first-order chi connectivity index (χ1) is 13.6. The number of nitrogens with one attached hydrogen (secondary N) is 1. The van der Waals surface area contributed by atoms with Crippen molar-refractivity contribution in [2.24, 2.45) is 0 Å². The van der Waals surface area contributed by atoms with E-state index in [-0.39, 0.29) is 5.91 Å². The quantitative estimate of drug-likeness (QED) is 0.635. The SMILES string of the molecule is C=CCc1cc(C(=O)Nc2ccc(C)c(-n3cnnn3)c2)cc(OC)c1OC. The highest BCUT2D eigenvalue weighted by Gasteiger charge is 2.16. The zero-order chi connectivity index (χ0) is 20.1. The number of hydrogen-bond acceptors (Lipinski definition) is 6. The fraction of sp³-hybridized carbons (Fsp3) is 0.200. The van der Waals surface area contributed by atoms with E-state index in [1.54, 1.807) is 30.0 Å². The van der Waals surface area contributed by atoms with Crippen molar-refractivity contribution in [1.29, 1.82) is 0 Å². The molecule has 0 atom stereocenters. The molecule has 1 N–H and O–H groups in total. The molecule has 144 valence electrons. The Balaban J connectivity index is 1.92. The average Bonchev–Trinajstić information content (AvgIpc) is 3.23. The number of hydrogen-bond donors (Lipinski definition) is 1. The second-order valence-corrected chi connectivity index (χ2v) is 6.07. The summed E-state index contributed by atoms with van der Waals surface area (Å²) in [5.41, 5.74) is 3.66. The molecule has 0 saturated heterocycles. The van der Waals surface area contributed by atoms with Gasteiger partial charge in [0.05, 0.1) is 19.9 Å². The maximum absolute atomic E-state index is 12.8. The maximum atomic E-state index is 12.8. The summed E-state index contributed by atoms with van der Waals surface area (Å²) in [6.07, 6.45) is 3.80. The van der Waals surface area contributed by atoms with Crippen LogP contribution >= 0.6 is 0 Å². The van der Waals surface area contributed by atoms with Gasteiger partial charge in [0, 0.05) is 16.8 Å². The van der Waals surface area contributed by atoms with E-state index < -0.39 is 0 Å². The summed E-state index contributed by atoms with van der Waals surface area (Å²) in [6, 6.07) is 8.96. The summed E-state index contributed by atoms with van der Waals surface area (Å²) in [7, 11) is 3.10. The van der Waals surface area contributed by atoms with Crippen LogP contribution in [-0.2, 0) is 6.42 Å². The van der Waals surface area contributed by atoms with Gasteiger partial charge in [-0.3, -0.25) is 4.79 Å². The van der Waals surface area contributed by atoms with Crippen molar-refractivity contribution < 1.29 is 14.3 Å². The molecule has 1 amide bonds. The molecular formula is C20H21N5O3. The lowest BCUT2D eigenvalue weighted by molar-refractivity contribution is 0.102. The fourth-order valence-corrected chi connectivity index (χ4v) is 2.89. The Hall–Kier alpha value is -3.68. The van der Waals surface area contributed by atoms with Crippen molar-refractivity contribution in [3.63, 3.8) is 0 Å². The Kier molecular flexibility index (Phi) is 5.69. The molecule has 2 aromatic carbocycles. The van der Waals surface area contributed by atoms with Gasteiger partial charge in [-0.25, -0.2) is 4.68 Å². The Labute approximate surface area is 162 Å². The molecule has 0 fully saturated rings. The first kappa shape index (κ1) is 19.1. The highest BCUT2D eigenvalue weighted by Crippen LogP contribution is 2.33. The van der Waals surface area contributed by atoms with Gasteiger partial charge < -0.3 is 14.8 Å². The van der Waals surface area contributed by atoms with E-state index >= 15 is 0 Å². The molecule has 3 rings (SSSR count). The largest absolute Gasteiger partial charge is 0.493 e. The first-order valence-electron chi connectivity index (χ1n) is 8.58. The molecule has 28 heavy (non-hydrogen) atoms. The van der Waals surface area contributed by atoms with E-state index in [1.165, 1.54) is 13.4 Å². The number of carbonyl (C=O) groups excluding carboxylic acids is 1. The number of carbonyl (C=O) groups is 1. The van der Waals surface area contributed by atoms with E-state index in [0.29, 0.717) is 29.2 Å². The number of amides is 1. The predicted octanol–water partition coefficient (Wildman–Crippen LogP) is 2.97. The Bertz CT molecular complexity index is 999. The van der Waals surface area contributed by atoms with E-state index in [1.807, 2.05) is 25.1 Å². The van der Waals surface area contributed by atoms with Gasteiger partial charge in [0.25, 0.3) is 5.91 Å². The molecule has 8 heteroatoms. The third-order valence-corrected chi connectivity index (χ3v) is 4.25. The number of nitrogens with zero attached hydrogens (tertiary/aromatic N) is 4. The highest BCUT2D eigenvalue weighted by atomic mass is 16.5. The Morgan fingerprint density at radius 2 is 2.07 bits per heavy atom. The van der Waals surface area contributed by atoms with E-state index in [4.69, 9.17) is 9.47 Å². The molecule has 0 saturated carbocycles. The lowest BCUT2D eigenvalue weighted by Gasteiger charge is -2.15. The van der Waals surface area contributed by atoms with Gasteiger partial charge in [0.2, 0.25) is 0 Å². The number of ether oxygens (including phenoxy) is 2. The number of allylic oxidation sites excluding steroid dienone is 1. The number of benzene rings is 2. The number of rotatable bonds is 7. The second kappa shape index (κ2) is 8.34. The minimum absolute atomic E-state index is 0.266. The Morgan fingerprint density at radius 3 is 2.71 bits per heavy atom. The van der Waals surface area contributed by atoms with Crippen molar-refractivity contribution in [2.45, 2.75) is 13.3 Å². The number of tetrazole rings is 1. The van der Waals surface area contributed by atoms with Crippen molar-refractivity contribution in [2.75, 3.05) is 19.5 Å². The van der Waals surface area contributed by atoms with Gasteiger partial charge >= 0.3 is 0 Å². The summed E-state index contributed by atoms with van der Waals surface area (Å²) in [5.74, 6) is 0.818. The first-order valence-corrected chi connectivity index (χ1v) is 8.58. The van der Waals surface area contributed by atoms with Crippen LogP contribution in [0, 0.1) is 6.92 Å². The highest BCUT2D eigenvalue weighted by molar-refractivity contribution is 6.05. The van der Waals surface area contributed by atoms with E-state index in [0.717, 1.165) is 16.8 Å². The molecular weight excluding hydrogens is 358 g/mol. The molecule has 0 aliphatic heterocycles. The summed E-state index contributed by atoms with van der Waals surface area (Å²) in [4.78, 5) is 12.8. The third kappa shape index (κ3) is 3.85. The number of anilines is 1. The second-order valence-electron chi connectivity index (χ2n) is 6.07. The molecule has 1 heterocycles. The molecule has 0 spiro atoms. The van der Waals surface area contributed by atoms with Gasteiger partial charge in [-0.05, 0) is 53.6 Å². The standard InChI is InChI=1S/C20H21N5O3/c1-5-6-14-9-15(10-18(27-3)19(14)28-4)20(26)22-16-8-7-13(2)17(11-16)25-12-21-23-24-25/h5,7-12H,1,6H2,2-4H3,(H,22,26). The van der Waals surface area contributed by atoms with Gasteiger partial charge in [0.15, 0.2) is 11.5 Å². The average molecular weight is 379 g/mol. The van der Waals surface area contributed by atoms with Crippen molar-refractivity contribution >= 4 is 11.6 Å². The van der Waals surface area contributed by atoms with Crippen molar-refractivity contribution in [1.82, 2.24) is 20.2 Å². The van der Waals surface area contributed by atoms with Crippen LogP contribution in [0.4, 0.5) is 5.69 Å². The van der Waals surface area contributed by atoms with Crippen LogP contribution < -0.4 is 14.8 Å². The number of aromatic nitrogens is 4. The van der Waals surface area contributed by atoms with Gasteiger partial charge in [0.1, 0.15) is 6.33 Å². The van der Waals surface area contributed by atoms with Gasteiger partial charge in [-0.1, -0.05) is 12.1 Å². The Morgan fingerprint density at radius 1 is 1.25 bits per heavy atom. The van der Waals surface area contributed by atoms with E-state index in [2.05, 4.69) is 27.4 Å². The molecule has 0 aliphatic carbocycles. The predicted molar refractivity (Wildman–Crippen MR) is 105 cm³/mol. The van der Waals surface area contributed by atoms with Crippen LogP contribution in [0.15, 0.2) is 49.3 Å². The fourth-order valence-electron chi connectivity index (χ4n) is 2.89. The van der Waals surface area contributed by atoms with Crippen molar-refractivity contribution in [3.05, 3.63) is 66.0 Å². The van der Waals surface area contributed by atoms with Gasteiger partial charge in [-0.2, -0.15) is 0 Å². The van der Waals surface area contributed by atoms with Gasteiger partial charge in [-0.15, -0.1) is 11.7 Å². The van der Waals surface area contributed by atoms with Crippen LogP contribution in [0.3, 0.4) is 0 Å². The summed E-state index contributed by atoms with van der Waals surface area (Å²) in [6.45, 7) is 5.70. The molecule has 1 aromatic heterocycles. The van der Waals surface area contributed by atoms with Crippen LogP contribution in [0.25, 0.3) is 5.69 Å². The zero-order valence-corrected chi connectivity index (χ0v) is 16.0. The third-order valence-electron chi connectivity index (χ3n) is 4.25. The minimum atomic E-state index is -0.266. The van der Waals surface area contributed by atoms with Crippen LogP contribution in [-0.4, -0.2) is 40.3 Å². The summed E-state index contributed by atoms with van der Waals surface area (Å²) >= 11 is 0. The normalized spacial score (nSPS) is 10.4. The van der Waals surface area contributed by atoms with Crippen LogP contribution in [0.5, 0.6) is 11.5 Å². The lowest BCUT2D eigenvalue weighted by Crippen LogP contribution is -2.13. The molecule has 0 unspecified atom stereocenters. The monoisotopic (exact) mass is 379 g/mol. The van der Waals surface area contributed by atoms with Crippen molar-refractivity contribution in [3.8, 4) is 17.2 Å². The van der Waals surface area contributed by atoms with E-state index in [9.17, 15) is 4.79 Å². The molecule has 0 aliphatic rings. The molecule has 0 bridgehead atoms. The zero-order valence-electron chi connectivity index (χ0n) is 16.0. The molecule has 0 radical (unpaired) electrons. The molecule has 8 nitrogen and oxygen atoms in total.